The molecule has 1 fully saturated rings. The summed E-state index contributed by atoms with van der Waals surface area (Å²) >= 11 is 5.52. The lowest BCUT2D eigenvalue weighted by Gasteiger charge is -2.33. The number of hydrogen-bond donors (Lipinski definition) is 0. The molecule has 0 spiro atoms. The van der Waals surface area contributed by atoms with E-state index in [9.17, 15) is 0 Å². The highest BCUT2D eigenvalue weighted by Crippen LogP contribution is 2.00. The molecule has 3 nitrogen and oxygen atoms in total. The standard InChI is InChI=1S/C10H21ClN2O/c1-2-12-4-6-13(7-5-12)8-10-14-9-3-11/h2-10H2,1H3. The zero-order valence-corrected chi connectivity index (χ0v) is 9.80. The zero-order chi connectivity index (χ0) is 10.2. The number of nitrogens with zero attached hydrogens (tertiary/aromatic N) is 2. The minimum atomic E-state index is 0.601. The van der Waals surface area contributed by atoms with Crippen LogP contribution in [0.3, 0.4) is 0 Å². The molecule has 0 amide bonds. The molecule has 0 atom stereocenters. The van der Waals surface area contributed by atoms with Crippen LogP contribution in [-0.2, 0) is 4.74 Å². The predicted octanol–water partition coefficient (Wildman–Crippen LogP) is 0.879. The third-order valence-electron chi connectivity index (χ3n) is 2.69. The van der Waals surface area contributed by atoms with Crippen LogP contribution in [0.1, 0.15) is 6.92 Å². The molecule has 0 saturated carbocycles. The Morgan fingerprint density at radius 2 is 1.71 bits per heavy atom. The summed E-state index contributed by atoms with van der Waals surface area (Å²) in [7, 11) is 0. The summed E-state index contributed by atoms with van der Waals surface area (Å²) in [5.41, 5.74) is 0. The third kappa shape index (κ3) is 4.60. The van der Waals surface area contributed by atoms with Gasteiger partial charge in [0.15, 0.2) is 0 Å². The Bertz CT molecular complexity index is 138. The quantitative estimate of drug-likeness (QED) is 0.488. The molecule has 1 saturated heterocycles. The zero-order valence-electron chi connectivity index (χ0n) is 9.04. The molecule has 0 unspecified atom stereocenters. The van der Waals surface area contributed by atoms with Gasteiger partial charge in [0.25, 0.3) is 0 Å². The maximum absolute atomic E-state index is 5.52. The molecule has 0 radical (unpaired) electrons. The first kappa shape index (κ1) is 12.2. The van der Waals surface area contributed by atoms with Crippen molar-refractivity contribution in [3.63, 3.8) is 0 Å². The minimum absolute atomic E-state index is 0.601. The van der Waals surface area contributed by atoms with E-state index in [0.29, 0.717) is 12.5 Å². The van der Waals surface area contributed by atoms with Crippen molar-refractivity contribution in [2.45, 2.75) is 6.92 Å². The summed E-state index contributed by atoms with van der Waals surface area (Å²) in [5.74, 6) is 0.601. The van der Waals surface area contributed by atoms with Crippen LogP contribution in [0, 0.1) is 0 Å². The lowest BCUT2D eigenvalue weighted by atomic mass is 10.3. The number of likely N-dealkylation sites (N-methyl/N-ethyl adjacent to an activating group) is 1. The maximum Gasteiger partial charge on any atom is 0.0602 e. The highest BCUT2D eigenvalue weighted by Gasteiger charge is 2.14. The van der Waals surface area contributed by atoms with E-state index in [1.807, 2.05) is 0 Å². The highest BCUT2D eigenvalue weighted by atomic mass is 35.5. The average Bonchev–Trinajstić information content (AvgIpc) is 2.25. The first-order chi connectivity index (χ1) is 6.86. The molecule has 1 aliphatic heterocycles. The SMILES string of the molecule is CCN1CCN(CCOCCCl)CC1. The van der Waals surface area contributed by atoms with Crippen LogP contribution in [0.4, 0.5) is 0 Å². The Kier molecular flexibility index (Phi) is 6.52. The van der Waals surface area contributed by atoms with Gasteiger partial charge in [-0.3, -0.25) is 4.90 Å². The number of piperazine rings is 1. The minimum Gasteiger partial charge on any atom is -0.379 e. The molecule has 1 aliphatic rings. The van der Waals surface area contributed by atoms with E-state index < -0.39 is 0 Å². The van der Waals surface area contributed by atoms with Crippen LogP contribution in [0.25, 0.3) is 0 Å². The van der Waals surface area contributed by atoms with Gasteiger partial charge >= 0.3 is 0 Å². The molecule has 0 aromatic rings. The molecule has 1 heterocycles. The van der Waals surface area contributed by atoms with Gasteiger partial charge < -0.3 is 9.64 Å². The number of hydrogen-bond acceptors (Lipinski definition) is 3. The molecule has 0 bridgehead atoms. The van der Waals surface area contributed by atoms with Crippen LogP contribution in [0.15, 0.2) is 0 Å². The van der Waals surface area contributed by atoms with E-state index in [2.05, 4.69) is 16.7 Å². The van der Waals surface area contributed by atoms with Gasteiger partial charge in [-0.2, -0.15) is 0 Å². The number of halogens is 1. The van der Waals surface area contributed by atoms with E-state index in [-0.39, 0.29) is 0 Å². The fraction of sp³-hybridized carbons (Fsp3) is 1.00. The Morgan fingerprint density at radius 1 is 1.07 bits per heavy atom. The number of alkyl halides is 1. The molecule has 84 valence electrons. The predicted molar refractivity (Wildman–Crippen MR) is 60.1 cm³/mol. The van der Waals surface area contributed by atoms with Crippen LogP contribution in [-0.4, -0.2) is 68.2 Å². The highest BCUT2D eigenvalue weighted by molar-refractivity contribution is 6.17. The molecule has 0 aliphatic carbocycles. The number of rotatable bonds is 6. The molecule has 1 rings (SSSR count). The second kappa shape index (κ2) is 7.46. The van der Waals surface area contributed by atoms with Crippen molar-refractivity contribution in [3.8, 4) is 0 Å². The summed E-state index contributed by atoms with van der Waals surface area (Å²) in [4.78, 5) is 4.94. The second-order valence-electron chi connectivity index (χ2n) is 3.58. The summed E-state index contributed by atoms with van der Waals surface area (Å²) in [6.07, 6.45) is 0. The van der Waals surface area contributed by atoms with Crippen molar-refractivity contribution >= 4 is 11.6 Å². The van der Waals surface area contributed by atoms with Crippen LogP contribution < -0.4 is 0 Å². The van der Waals surface area contributed by atoms with Gasteiger partial charge in [0.1, 0.15) is 0 Å². The van der Waals surface area contributed by atoms with Crippen molar-refractivity contribution in [3.05, 3.63) is 0 Å². The Labute approximate surface area is 92.0 Å². The van der Waals surface area contributed by atoms with Gasteiger partial charge in [-0.05, 0) is 6.54 Å². The van der Waals surface area contributed by atoms with Crippen molar-refractivity contribution < 1.29 is 4.74 Å². The monoisotopic (exact) mass is 220 g/mol. The lowest BCUT2D eigenvalue weighted by molar-refractivity contribution is 0.0833. The molecule has 0 aromatic heterocycles. The second-order valence-corrected chi connectivity index (χ2v) is 3.96. The van der Waals surface area contributed by atoms with E-state index >= 15 is 0 Å². The Balaban J connectivity index is 1.98. The van der Waals surface area contributed by atoms with E-state index in [1.54, 1.807) is 0 Å². The third-order valence-corrected chi connectivity index (χ3v) is 2.84. The van der Waals surface area contributed by atoms with Crippen LogP contribution in [0.2, 0.25) is 0 Å². The normalized spacial score (nSPS) is 20.1. The summed E-state index contributed by atoms with van der Waals surface area (Å²) < 4.78 is 5.35. The lowest BCUT2D eigenvalue weighted by Crippen LogP contribution is -2.47. The topological polar surface area (TPSA) is 15.7 Å². The van der Waals surface area contributed by atoms with Gasteiger partial charge in [-0.1, -0.05) is 6.92 Å². The molecule has 0 aromatic carbocycles. The summed E-state index contributed by atoms with van der Waals surface area (Å²) in [5, 5.41) is 0. The van der Waals surface area contributed by atoms with Crippen LogP contribution in [0.5, 0.6) is 0 Å². The smallest absolute Gasteiger partial charge is 0.0602 e. The first-order valence-electron chi connectivity index (χ1n) is 5.45. The van der Waals surface area contributed by atoms with Gasteiger partial charge in [0.2, 0.25) is 0 Å². The first-order valence-corrected chi connectivity index (χ1v) is 5.98. The van der Waals surface area contributed by atoms with Crippen molar-refractivity contribution in [1.82, 2.24) is 9.80 Å². The largest absolute Gasteiger partial charge is 0.379 e. The molecular weight excluding hydrogens is 200 g/mol. The van der Waals surface area contributed by atoms with Gasteiger partial charge in [0, 0.05) is 38.6 Å². The molecule has 14 heavy (non-hydrogen) atoms. The van der Waals surface area contributed by atoms with Gasteiger partial charge in [-0.25, -0.2) is 0 Å². The van der Waals surface area contributed by atoms with Crippen molar-refractivity contribution in [2.75, 3.05) is 58.4 Å². The van der Waals surface area contributed by atoms with Crippen molar-refractivity contribution in [2.24, 2.45) is 0 Å². The van der Waals surface area contributed by atoms with E-state index in [0.717, 1.165) is 13.2 Å². The molecule has 0 N–H and O–H groups in total. The summed E-state index contributed by atoms with van der Waals surface area (Å²) in [6, 6.07) is 0. The number of ether oxygens (including phenoxy) is 1. The Hall–Kier alpha value is 0.170. The van der Waals surface area contributed by atoms with Crippen molar-refractivity contribution in [1.29, 1.82) is 0 Å². The fourth-order valence-corrected chi connectivity index (χ4v) is 1.79. The molecule has 4 heteroatoms. The molecular formula is C10H21ClN2O. The van der Waals surface area contributed by atoms with Gasteiger partial charge in [0.05, 0.1) is 13.2 Å². The van der Waals surface area contributed by atoms with E-state index in [4.69, 9.17) is 16.3 Å². The van der Waals surface area contributed by atoms with Gasteiger partial charge in [-0.15, -0.1) is 11.6 Å². The Morgan fingerprint density at radius 3 is 2.29 bits per heavy atom. The van der Waals surface area contributed by atoms with Crippen LogP contribution >= 0.6 is 11.6 Å². The maximum atomic E-state index is 5.52. The fourth-order valence-electron chi connectivity index (χ4n) is 1.68. The average molecular weight is 221 g/mol. The summed E-state index contributed by atoms with van der Waals surface area (Å²) in [6.45, 7) is 10.7. The van der Waals surface area contributed by atoms with E-state index in [1.165, 1.54) is 32.7 Å².